The van der Waals surface area contributed by atoms with Crippen LogP contribution in [0.2, 0.25) is 0 Å². The molecule has 0 atom stereocenters. The molecule has 3 aromatic rings. The molecule has 2 heterocycles. The number of aliphatic imine (C=N–C) groups is 1. The highest BCUT2D eigenvalue weighted by molar-refractivity contribution is 6.54. The molecule has 1 fully saturated rings. The first-order chi connectivity index (χ1) is 17.4. The van der Waals surface area contributed by atoms with E-state index in [1.165, 1.54) is 29.8 Å². The van der Waals surface area contributed by atoms with E-state index in [9.17, 15) is 18.0 Å². The first kappa shape index (κ1) is 24.1. The second-order valence-corrected chi connectivity index (χ2v) is 9.15. The molecule has 5 rings (SSSR count). The first-order valence-corrected chi connectivity index (χ1v) is 12.0. The number of amides is 1. The van der Waals surface area contributed by atoms with Crippen molar-refractivity contribution in [3.8, 4) is 5.75 Å². The number of nitrogens with zero attached hydrogens (tertiary/aromatic N) is 3. The van der Waals surface area contributed by atoms with Crippen LogP contribution < -0.4 is 9.64 Å². The Morgan fingerprint density at radius 1 is 0.889 bits per heavy atom. The summed E-state index contributed by atoms with van der Waals surface area (Å²) in [4.78, 5) is 21.9. The summed E-state index contributed by atoms with van der Waals surface area (Å²) in [5.74, 6) is 0.0896. The van der Waals surface area contributed by atoms with E-state index in [0.29, 0.717) is 18.3 Å². The molecule has 5 nitrogen and oxygen atoms in total. The van der Waals surface area contributed by atoms with Crippen LogP contribution in [0.3, 0.4) is 0 Å². The summed E-state index contributed by atoms with van der Waals surface area (Å²) in [5.41, 5.74) is 3.54. The van der Waals surface area contributed by atoms with E-state index in [-0.39, 0.29) is 17.4 Å². The van der Waals surface area contributed by atoms with Crippen molar-refractivity contribution in [2.24, 2.45) is 10.9 Å². The third-order valence-corrected chi connectivity index (χ3v) is 6.62. The van der Waals surface area contributed by atoms with E-state index in [1.807, 2.05) is 30.3 Å². The standard InChI is InChI=1S/C28H26F3N3O2/c29-28(30,31)36-23-12-10-22(11-13-23)32-26-24-8-4-5-9-25(24)34(27(26)35)19-33-16-14-21(15-17-33)18-20-6-2-1-3-7-20/h1-13,21H,14-19H2. The molecular weight excluding hydrogens is 467 g/mol. The van der Waals surface area contributed by atoms with E-state index in [2.05, 4.69) is 38.9 Å². The van der Waals surface area contributed by atoms with Crippen LogP contribution >= 0.6 is 0 Å². The first-order valence-electron chi connectivity index (χ1n) is 12.0. The van der Waals surface area contributed by atoms with E-state index in [4.69, 9.17) is 0 Å². The highest BCUT2D eigenvalue weighted by Gasteiger charge is 2.35. The monoisotopic (exact) mass is 493 g/mol. The summed E-state index contributed by atoms with van der Waals surface area (Å²) >= 11 is 0. The molecule has 1 amide bonds. The van der Waals surface area contributed by atoms with Crippen LogP contribution in [0.25, 0.3) is 0 Å². The molecule has 0 aliphatic carbocycles. The fraction of sp³-hybridized carbons (Fsp3) is 0.286. The van der Waals surface area contributed by atoms with Crippen molar-refractivity contribution < 1.29 is 22.7 Å². The molecule has 3 aromatic carbocycles. The number of hydrogen-bond donors (Lipinski definition) is 0. The van der Waals surface area contributed by atoms with Gasteiger partial charge < -0.3 is 4.74 Å². The number of rotatable bonds is 6. The predicted octanol–water partition coefficient (Wildman–Crippen LogP) is 5.96. The van der Waals surface area contributed by atoms with E-state index in [0.717, 1.165) is 43.6 Å². The summed E-state index contributed by atoms with van der Waals surface area (Å²) in [6.45, 7) is 2.30. The largest absolute Gasteiger partial charge is 0.573 e. The minimum Gasteiger partial charge on any atom is -0.406 e. The highest BCUT2D eigenvalue weighted by Crippen LogP contribution is 2.32. The van der Waals surface area contributed by atoms with Gasteiger partial charge in [-0.25, -0.2) is 4.99 Å². The van der Waals surface area contributed by atoms with Gasteiger partial charge >= 0.3 is 6.36 Å². The molecule has 0 saturated carbocycles. The van der Waals surface area contributed by atoms with Crippen LogP contribution in [0.1, 0.15) is 24.0 Å². The van der Waals surface area contributed by atoms with Crippen LogP contribution in [-0.2, 0) is 11.2 Å². The van der Waals surface area contributed by atoms with Crippen molar-refractivity contribution in [3.05, 3.63) is 90.0 Å². The van der Waals surface area contributed by atoms with Crippen molar-refractivity contribution in [1.82, 2.24) is 4.90 Å². The minimum absolute atomic E-state index is 0.210. The number of likely N-dealkylation sites (tertiary alicyclic amines) is 1. The summed E-state index contributed by atoms with van der Waals surface area (Å²) < 4.78 is 41.2. The normalized spacial score (nSPS) is 18.0. The Balaban J connectivity index is 1.27. The Labute approximate surface area is 207 Å². The van der Waals surface area contributed by atoms with Crippen LogP contribution in [-0.4, -0.2) is 42.6 Å². The molecule has 2 aliphatic heterocycles. The zero-order valence-electron chi connectivity index (χ0n) is 19.6. The van der Waals surface area contributed by atoms with Gasteiger partial charge in [0.05, 0.1) is 18.0 Å². The van der Waals surface area contributed by atoms with Crippen LogP contribution in [0.4, 0.5) is 24.5 Å². The summed E-state index contributed by atoms with van der Waals surface area (Å²) in [7, 11) is 0. The second-order valence-electron chi connectivity index (χ2n) is 9.15. The molecule has 0 unspecified atom stereocenters. The molecule has 36 heavy (non-hydrogen) atoms. The fourth-order valence-electron chi connectivity index (χ4n) is 4.84. The Bertz CT molecular complexity index is 1230. The SMILES string of the molecule is O=C1C(=Nc2ccc(OC(F)(F)F)cc2)c2ccccc2N1CN1CCC(Cc2ccccc2)CC1. The van der Waals surface area contributed by atoms with Crippen molar-refractivity contribution in [3.63, 3.8) is 0 Å². The molecule has 0 spiro atoms. The number of carbonyl (C=O) groups excluding carboxylic acids is 1. The maximum absolute atomic E-state index is 13.4. The Morgan fingerprint density at radius 3 is 2.25 bits per heavy atom. The van der Waals surface area contributed by atoms with Crippen molar-refractivity contribution in [2.75, 3.05) is 24.7 Å². The zero-order chi connectivity index (χ0) is 25.1. The van der Waals surface area contributed by atoms with Gasteiger partial charge in [-0.1, -0.05) is 48.5 Å². The number of ether oxygens (including phenoxy) is 1. The zero-order valence-corrected chi connectivity index (χ0v) is 19.6. The third kappa shape index (κ3) is 5.60. The molecule has 0 bridgehead atoms. The van der Waals surface area contributed by atoms with Crippen LogP contribution in [0.15, 0.2) is 83.9 Å². The van der Waals surface area contributed by atoms with E-state index in [1.54, 1.807) is 4.90 Å². The number of carbonyl (C=O) groups is 1. The topological polar surface area (TPSA) is 45.1 Å². The number of hydrogen-bond acceptors (Lipinski definition) is 4. The van der Waals surface area contributed by atoms with Gasteiger partial charge in [-0.2, -0.15) is 0 Å². The van der Waals surface area contributed by atoms with Gasteiger partial charge in [0.1, 0.15) is 11.5 Å². The number of para-hydroxylation sites is 1. The lowest BCUT2D eigenvalue weighted by Crippen LogP contribution is -2.44. The van der Waals surface area contributed by atoms with Gasteiger partial charge in [0.2, 0.25) is 0 Å². The van der Waals surface area contributed by atoms with Gasteiger partial charge in [-0.3, -0.25) is 14.6 Å². The van der Waals surface area contributed by atoms with Gasteiger partial charge in [0.25, 0.3) is 5.91 Å². The van der Waals surface area contributed by atoms with Crippen LogP contribution in [0.5, 0.6) is 5.75 Å². The molecule has 1 saturated heterocycles. The summed E-state index contributed by atoms with van der Waals surface area (Å²) in [5, 5.41) is 0. The smallest absolute Gasteiger partial charge is 0.406 e. The van der Waals surface area contributed by atoms with Crippen molar-refractivity contribution in [1.29, 1.82) is 0 Å². The number of benzene rings is 3. The average Bonchev–Trinajstić information content (AvgIpc) is 3.12. The van der Waals surface area contributed by atoms with Crippen molar-refractivity contribution in [2.45, 2.75) is 25.6 Å². The average molecular weight is 494 g/mol. The number of anilines is 1. The third-order valence-electron chi connectivity index (χ3n) is 6.62. The Hall–Kier alpha value is -3.65. The fourth-order valence-corrected chi connectivity index (χ4v) is 4.84. The van der Waals surface area contributed by atoms with Gasteiger partial charge in [-0.05, 0) is 61.1 Å². The predicted molar refractivity (Wildman–Crippen MR) is 133 cm³/mol. The Kier molecular flexibility index (Phi) is 6.78. The van der Waals surface area contributed by atoms with Crippen LogP contribution in [0, 0.1) is 5.92 Å². The number of fused-ring (bicyclic) bond motifs is 1. The molecule has 0 aromatic heterocycles. The van der Waals surface area contributed by atoms with Gasteiger partial charge in [0, 0.05) is 18.7 Å². The molecule has 186 valence electrons. The number of halogens is 3. The van der Waals surface area contributed by atoms with E-state index >= 15 is 0 Å². The molecule has 0 radical (unpaired) electrons. The lowest BCUT2D eigenvalue weighted by molar-refractivity contribution is -0.274. The summed E-state index contributed by atoms with van der Waals surface area (Å²) in [6.07, 6.45) is -1.54. The number of alkyl halides is 3. The minimum atomic E-state index is -4.76. The maximum Gasteiger partial charge on any atom is 0.573 e. The second kappa shape index (κ2) is 10.1. The van der Waals surface area contributed by atoms with Crippen molar-refractivity contribution >= 4 is 23.0 Å². The van der Waals surface area contributed by atoms with Gasteiger partial charge in [-0.15, -0.1) is 13.2 Å². The summed E-state index contributed by atoms with van der Waals surface area (Å²) in [6, 6.07) is 23.2. The number of piperidine rings is 1. The lowest BCUT2D eigenvalue weighted by Gasteiger charge is -2.34. The Morgan fingerprint density at radius 2 is 1.56 bits per heavy atom. The quantitative estimate of drug-likeness (QED) is 0.425. The highest BCUT2D eigenvalue weighted by atomic mass is 19.4. The molecule has 8 heteroatoms. The molecule has 2 aliphatic rings. The maximum atomic E-state index is 13.4. The van der Waals surface area contributed by atoms with E-state index < -0.39 is 6.36 Å². The lowest BCUT2D eigenvalue weighted by atomic mass is 9.90. The van der Waals surface area contributed by atoms with Gasteiger partial charge in [0.15, 0.2) is 0 Å². The molecule has 0 N–H and O–H groups in total. The molecular formula is C28H26F3N3O2.